The van der Waals surface area contributed by atoms with E-state index in [1.165, 1.54) is 50.1 Å². The average molecular weight is 594 g/mol. The first kappa shape index (κ1) is 30.4. The smallest absolute Gasteiger partial charge is 0.0456 e. The molecule has 0 unspecified atom stereocenters. The second-order valence-corrected chi connectivity index (χ2v) is 11.7. The molecule has 0 aliphatic heterocycles. The summed E-state index contributed by atoms with van der Waals surface area (Å²) in [6, 6.07) is 56.3. The fourth-order valence-electron chi connectivity index (χ4n) is 5.51. The normalized spacial score (nSPS) is 10.8. The summed E-state index contributed by atoms with van der Waals surface area (Å²) in [6.45, 7) is 6.39. The Balaban J connectivity index is 1.37. The van der Waals surface area contributed by atoms with Crippen LogP contribution in [0.1, 0.15) is 44.5 Å². The summed E-state index contributed by atoms with van der Waals surface area (Å²) in [4.78, 5) is 2.30. The van der Waals surface area contributed by atoms with E-state index in [9.17, 15) is 0 Å². The van der Waals surface area contributed by atoms with Crippen LogP contribution < -0.4 is 4.90 Å². The topological polar surface area (TPSA) is 3.24 Å². The van der Waals surface area contributed by atoms with E-state index in [1.54, 1.807) is 0 Å². The largest absolute Gasteiger partial charge is 0.317 e. The number of nitrogens with zero attached hydrogens (tertiary/aromatic N) is 1. The molecule has 0 aromatic heterocycles. The third kappa shape index (κ3) is 7.52. The van der Waals surface area contributed by atoms with Crippen LogP contribution in [0, 0.1) is 20.8 Å². The van der Waals surface area contributed by atoms with Gasteiger partial charge in [0.05, 0.1) is 0 Å². The van der Waals surface area contributed by atoms with Crippen LogP contribution >= 0.6 is 0 Å². The van der Waals surface area contributed by atoms with Crippen molar-refractivity contribution in [3.8, 4) is 0 Å². The van der Waals surface area contributed by atoms with Crippen molar-refractivity contribution in [1.29, 1.82) is 0 Å². The standard InChI is InChI=1S/C45H39N/c1-34-17-25-40(26-18-34)45(41-27-19-35(2)20-28-41)33-46(42-29-21-36(3)22-30-42)43-31-23-37(24-32-43)11-10-16-44(38-12-6-4-7-13-38)39-14-8-5-9-15-39/h4-33H,1-3H3/b11-10+. The lowest BCUT2D eigenvalue weighted by molar-refractivity contribution is 1.27. The number of hydrogen-bond donors (Lipinski definition) is 0. The van der Waals surface area contributed by atoms with Crippen LogP contribution in [-0.2, 0) is 0 Å². The number of rotatable bonds is 9. The van der Waals surface area contributed by atoms with Gasteiger partial charge in [-0.05, 0) is 78.4 Å². The van der Waals surface area contributed by atoms with Crippen molar-refractivity contribution in [2.24, 2.45) is 0 Å². The molecule has 0 aliphatic rings. The molecule has 1 nitrogen and oxygen atoms in total. The average Bonchev–Trinajstić information content (AvgIpc) is 3.10. The van der Waals surface area contributed by atoms with Crippen molar-refractivity contribution in [3.63, 3.8) is 0 Å². The number of benzene rings is 6. The van der Waals surface area contributed by atoms with E-state index >= 15 is 0 Å². The van der Waals surface area contributed by atoms with Gasteiger partial charge in [-0.1, -0.05) is 168 Å². The van der Waals surface area contributed by atoms with Gasteiger partial charge in [0.25, 0.3) is 0 Å². The molecule has 1 heteroatoms. The summed E-state index contributed by atoms with van der Waals surface area (Å²) in [5.41, 5.74) is 14.2. The highest BCUT2D eigenvalue weighted by atomic mass is 15.1. The monoisotopic (exact) mass is 593 g/mol. The molecule has 0 saturated carbocycles. The highest BCUT2D eigenvalue weighted by molar-refractivity contribution is 5.84. The van der Waals surface area contributed by atoms with E-state index < -0.39 is 0 Å². The lowest BCUT2D eigenvalue weighted by Gasteiger charge is -2.24. The lowest BCUT2D eigenvalue weighted by atomic mass is 9.96. The summed E-state index contributed by atoms with van der Waals surface area (Å²) in [6.07, 6.45) is 8.80. The third-order valence-corrected chi connectivity index (χ3v) is 8.19. The summed E-state index contributed by atoms with van der Waals surface area (Å²) in [7, 11) is 0. The van der Waals surface area contributed by atoms with Crippen LogP contribution in [0.2, 0.25) is 0 Å². The van der Waals surface area contributed by atoms with Gasteiger partial charge in [-0.2, -0.15) is 0 Å². The maximum absolute atomic E-state index is 2.30. The van der Waals surface area contributed by atoms with Crippen LogP contribution in [0.4, 0.5) is 11.4 Å². The van der Waals surface area contributed by atoms with Gasteiger partial charge in [0.1, 0.15) is 0 Å². The second-order valence-electron chi connectivity index (χ2n) is 11.7. The quantitative estimate of drug-likeness (QED) is 0.151. The minimum absolute atomic E-state index is 1.10. The molecule has 0 aliphatic carbocycles. The van der Waals surface area contributed by atoms with E-state index in [0.29, 0.717) is 0 Å². The molecule has 6 rings (SSSR count). The molecule has 0 spiro atoms. The SMILES string of the molecule is Cc1ccc(C(=CN(c2ccc(C)cc2)c2ccc(/C=C/C=C(c3ccccc3)c3ccccc3)cc2)c2ccc(C)cc2)cc1. The maximum atomic E-state index is 2.30. The number of hydrogen-bond acceptors (Lipinski definition) is 1. The summed E-state index contributed by atoms with van der Waals surface area (Å²) >= 11 is 0. The number of aryl methyl sites for hydroxylation is 3. The molecular weight excluding hydrogens is 555 g/mol. The second kappa shape index (κ2) is 14.4. The molecule has 0 saturated heterocycles. The van der Waals surface area contributed by atoms with Crippen molar-refractivity contribution in [3.05, 3.63) is 221 Å². The molecule has 0 bridgehead atoms. The fraction of sp³-hybridized carbons (Fsp3) is 0.0667. The molecule has 0 heterocycles. The van der Waals surface area contributed by atoms with E-state index in [-0.39, 0.29) is 0 Å². The van der Waals surface area contributed by atoms with E-state index in [1.807, 2.05) is 0 Å². The maximum Gasteiger partial charge on any atom is 0.0456 e. The Labute approximate surface area is 274 Å². The summed E-state index contributed by atoms with van der Waals surface area (Å²) in [5, 5.41) is 0. The highest BCUT2D eigenvalue weighted by Crippen LogP contribution is 2.32. The Morgan fingerprint density at radius 3 is 1.26 bits per heavy atom. The van der Waals surface area contributed by atoms with Crippen molar-refractivity contribution < 1.29 is 0 Å². The van der Waals surface area contributed by atoms with Crippen LogP contribution in [0.5, 0.6) is 0 Å². The molecule has 0 atom stereocenters. The zero-order valence-corrected chi connectivity index (χ0v) is 26.8. The molecule has 46 heavy (non-hydrogen) atoms. The van der Waals surface area contributed by atoms with Gasteiger partial charge in [-0.25, -0.2) is 0 Å². The predicted octanol–water partition coefficient (Wildman–Crippen LogP) is 12.0. The Kier molecular flexibility index (Phi) is 9.52. The van der Waals surface area contributed by atoms with Gasteiger partial charge in [0.2, 0.25) is 0 Å². The zero-order chi connectivity index (χ0) is 31.7. The van der Waals surface area contributed by atoms with Crippen LogP contribution in [0.15, 0.2) is 176 Å². The lowest BCUT2D eigenvalue weighted by Crippen LogP contribution is -2.10. The van der Waals surface area contributed by atoms with Crippen LogP contribution in [-0.4, -0.2) is 0 Å². The van der Waals surface area contributed by atoms with E-state index in [2.05, 4.69) is 208 Å². The van der Waals surface area contributed by atoms with Crippen molar-refractivity contribution >= 4 is 28.6 Å². The Morgan fingerprint density at radius 2 is 0.804 bits per heavy atom. The fourth-order valence-corrected chi connectivity index (χ4v) is 5.51. The molecule has 0 amide bonds. The molecule has 224 valence electrons. The summed E-state index contributed by atoms with van der Waals surface area (Å²) in [5.74, 6) is 0. The number of allylic oxidation sites excluding steroid dienone is 2. The minimum atomic E-state index is 1.10. The molecule has 6 aromatic carbocycles. The van der Waals surface area contributed by atoms with Gasteiger partial charge >= 0.3 is 0 Å². The highest BCUT2D eigenvalue weighted by Gasteiger charge is 2.13. The van der Waals surface area contributed by atoms with Gasteiger partial charge in [-0.3, -0.25) is 0 Å². The van der Waals surface area contributed by atoms with Crippen LogP contribution in [0.3, 0.4) is 0 Å². The minimum Gasteiger partial charge on any atom is -0.317 e. The van der Waals surface area contributed by atoms with Gasteiger partial charge in [0.15, 0.2) is 0 Å². The van der Waals surface area contributed by atoms with Crippen molar-refractivity contribution in [2.45, 2.75) is 20.8 Å². The van der Waals surface area contributed by atoms with E-state index in [0.717, 1.165) is 16.9 Å². The Morgan fingerprint density at radius 1 is 0.413 bits per heavy atom. The molecule has 0 fully saturated rings. The first-order valence-corrected chi connectivity index (χ1v) is 15.8. The predicted molar refractivity (Wildman–Crippen MR) is 198 cm³/mol. The number of anilines is 2. The molecule has 0 N–H and O–H groups in total. The van der Waals surface area contributed by atoms with Crippen molar-refractivity contribution in [1.82, 2.24) is 0 Å². The first-order valence-electron chi connectivity index (χ1n) is 15.8. The van der Waals surface area contributed by atoms with Gasteiger partial charge < -0.3 is 4.90 Å². The van der Waals surface area contributed by atoms with Crippen molar-refractivity contribution in [2.75, 3.05) is 4.90 Å². The van der Waals surface area contributed by atoms with Gasteiger partial charge in [0, 0.05) is 23.1 Å². The van der Waals surface area contributed by atoms with Gasteiger partial charge in [-0.15, -0.1) is 0 Å². The third-order valence-electron chi connectivity index (χ3n) is 8.19. The first-order chi connectivity index (χ1) is 22.5. The Hall–Kier alpha value is -5.66. The zero-order valence-electron chi connectivity index (χ0n) is 26.8. The van der Waals surface area contributed by atoms with E-state index in [4.69, 9.17) is 0 Å². The van der Waals surface area contributed by atoms with Crippen LogP contribution in [0.25, 0.3) is 17.2 Å². The Bertz CT molecular complexity index is 1850. The molecular formula is C45H39N. The summed E-state index contributed by atoms with van der Waals surface area (Å²) < 4.78 is 0. The molecule has 6 aromatic rings. The molecule has 0 radical (unpaired) electrons.